The van der Waals surface area contributed by atoms with Gasteiger partial charge in [0.05, 0.1) is 30.3 Å². The van der Waals surface area contributed by atoms with E-state index in [4.69, 9.17) is 14.5 Å². The number of aromatic nitrogens is 2. The fourth-order valence-electron chi connectivity index (χ4n) is 4.16. The largest absolute Gasteiger partial charge is 0.494 e. The predicted molar refractivity (Wildman–Crippen MR) is 124 cm³/mol. The quantitative estimate of drug-likeness (QED) is 0.498. The molecule has 0 spiro atoms. The van der Waals surface area contributed by atoms with Crippen LogP contribution in [0.15, 0.2) is 52.4 Å². The summed E-state index contributed by atoms with van der Waals surface area (Å²) in [4.78, 5) is 18.2. The van der Waals surface area contributed by atoms with Crippen LogP contribution in [0.5, 0.6) is 11.5 Å². The van der Waals surface area contributed by atoms with E-state index >= 15 is 0 Å². The van der Waals surface area contributed by atoms with Gasteiger partial charge in [0.1, 0.15) is 17.3 Å². The van der Waals surface area contributed by atoms with Gasteiger partial charge in [0.15, 0.2) is 0 Å². The van der Waals surface area contributed by atoms with E-state index in [9.17, 15) is 4.79 Å². The zero-order valence-electron chi connectivity index (χ0n) is 18.2. The van der Waals surface area contributed by atoms with Crippen LogP contribution in [-0.2, 0) is 0 Å². The third-order valence-electron chi connectivity index (χ3n) is 5.66. The molecule has 3 aromatic rings. The maximum atomic E-state index is 13.3. The van der Waals surface area contributed by atoms with Crippen molar-refractivity contribution in [1.29, 1.82) is 0 Å². The van der Waals surface area contributed by atoms with Gasteiger partial charge < -0.3 is 9.47 Å². The Morgan fingerprint density at radius 1 is 1.06 bits per heavy atom. The summed E-state index contributed by atoms with van der Waals surface area (Å²) in [6.45, 7) is 5.00. The van der Waals surface area contributed by atoms with Crippen molar-refractivity contribution < 1.29 is 9.47 Å². The SMILES string of the molecule is CCOc1ccc(C=Nn2c(C3CCCCC3)nc3ccccc3c2=O)c(OCC)c1. The molecule has 0 radical (unpaired) electrons. The number of para-hydroxylation sites is 1. The van der Waals surface area contributed by atoms with E-state index in [1.54, 1.807) is 6.21 Å². The first-order chi connectivity index (χ1) is 15.2. The molecule has 0 aliphatic heterocycles. The Hall–Kier alpha value is -3.15. The van der Waals surface area contributed by atoms with Crippen LogP contribution in [0, 0.1) is 0 Å². The lowest BCUT2D eigenvalue weighted by atomic mass is 9.88. The summed E-state index contributed by atoms with van der Waals surface area (Å²) < 4.78 is 12.9. The molecule has 1 aromatic heterocycles. The highest BCUT2D eigenvalue weighted by atomic mass is 16.5. The van der Waals surface area contributed by atoms with Crippen LogP contribution in [0.25, 0.3) is 10.9 Å². The lowest BCUT2D eigenvalue weighted by molar-refractivity contribution is 0.323. The van der Waals surface area contributed by atoms with Gasteiger partial charge in [-0.15, -0.1) is 0 Å². The van der Waals surface area contributed by atoms with Crippen LogP contribution in [0.2, 0.25) is 0 Å². The van der Waals surface area contributed by atoms with Crippen molar-refractivity contribution in [3.8, 4) is 11.5 Å². The summed E-state index contributed by atoms with van der Waals surface area (Å²) in [6, 6.07) is 13.1. The Balaban J connectivity index is 1.79. The molecule has 0 unspecified atom stereocenters. The molecule has 0 atom stereocenters. The summed E-state index contributed by atoms with van der Waals surface area (Å²) in [5.74, 6) is 2.42. The second-order valence-electron chi connectivity index (χ2n) is 7.75. The molecule has 1 fully saturated rings. The molecule has 2 aromatic carbocycles. The van der Waals surface area contributed by atoms with Crippen LogP contribution < -0.4 is 15.0 Å². The second kappa shape index (κ2) is 9.77. The van der Waals surface area contributed by atoms with E-state index in [0.717, 1.165) is 48.3 Å². The standard InChI is InChI=1S/C25H29N3O3/c1-3-30-20-15-14-19(23(16-20)31-4-2)17-26-28-24(18-10-6-5-7-11-18)27-22-13-9-8-12-21(22)25(28)29/h8-9,12-18H,3-7,10-11H2,1-2H3. The van der Waals surface area contributed by atoms with E-state index in [1.165, 1.54) is 11.1 Å². The maximum Gasteiger partial charge on any atom is 0.282 e. The zero-order chi connectivity index (χ0) is 21.6. The van der Waals surface area contributed by atoms with Crippen molar-refractivity contribution in [2.75, 3.05) is 13.2 Å². The summed E-state index contributed by atoms with van der Waals surface area (Å²) >= 11 is 0. The Kier molecular flexibility index (Phi) is 6.65. The number of nitrogens with zero attached hydrogens (tertiary/aromatic N) is 3. The van der Waals surface area contributed by atoms with Crippen molar-refractivity contribution in [3.63, 3.8) is 0 Å². The van der Waals surface area contributed by atoms with Gasteiger partial charge in [-0.2, -0.15) is 9.78 Å². The van der Waals surface area contributed by atoms with Crippen LogP contribution in [0.1, 0.15) is 63.3 Å². The Bertz CT molecular complexity index is 1130. The zero-order valence-corrected chi connectivity index (χ0v) is 18.2. The number of rotatable bonds is 7. The van der Waals surface area contributed by atoms with Gasteiger partial charge >= 0.3 is 0 Å². The van der Waals surface area contributed by atoms with Gasteiger partial charge in [-0.1, -0.05) is 31.4 Å². The second-order valence-corrected chi connectivity index (χ2v) is 7.75. The summed E-state index contributed by atoms with van der Waals surface area (Å²) in [7, 11) is 0. The molecule has 0 amide bonds. The van der Waals surface area contributed by atoms with Crippen LogP contribution >= 0.6 is 0 Å². The summed E-state index contributed by atoms with van der Waals surface area (Å²) in [5, 5.41) is 5.20. The van der Waals surface area contributed by atoms with E-state index in [0.29, 0.717) is 24.3 Å². The molecular weight excluding hydrogens is 390 g/mol. The Morgan fingerprint density at radius 3 is 2.61 bits per heavy atom. The molecule has 1 saturated carbocycles. The first kappa shape index (κ1) is 21.1. The van der Waals surface area contributed by atoms with Crippen molar-refractivity contribution >= 4 is 17.1 Å². The number of hydrogen-bond donors (Lipinski definition) is 0. The normalized spacial score (nSPS) is 14.9. The van der Waals surface area contributed by atoms with Crippen molar-refractivity contribution in [3.05, 3.63) is 64.2 Å². The average molecular weight is 420 g/mol. The van der Waals surface area contributed by atoms with Gasteiger partial charge in [0.25, 0.3) is 5.56 Å². The van der Waals surface area contributed by atoms with Gasteiger partial charge in [-0.05, 0) is 51.0 Å². The first-order valence-corrected chi connectivity index (χ1v) is 11.2. The minimum atomic E-state index is -0.133. The smallest absolute Gasteiger partial charge is 0.282 e. The number of fused-ring (bicyclic) bond motifs is 1. The van der Waals surface area contributed by atoms with Crippen molar-refractivity contribution in [1.82, 2.24) is 9.66 Å². The van der Waals surface area contributed by atoms with E-state index in [2.05, 4.69) is 5.10 Å². The van der Waals surface area contributed by atoms with Crippen molar-refractivity contribution in [2.24, 2.45) is 5.10 Å². The van der Waals surface area contributed by atoms with E-state index < -0.39 is 0 Å². The third kappa shape index (κ3) is 4.63. The predicted octanol–water partition coefficient (Wildman–Crippen LogP) is 5.12. The van der Waals surface area contributed by atoms with Crippen LogP contribution in [-0.4, -0.2) is 29.1 Å². The molecule has 1 heterocycles. The van der Waals surface area contributed by atoms with Gasteiger partial charge in [-0.3, -0.25) is 4.79 Å². The molecule has 1 aliphatic carbocycles. The number of hydrogen-bond acceptors (Lipinski definition) is 5. The molecule has 162 valence electrons. The fraction of sp³-hybridized carbons (Fsp3) is 0.400. The summed E-state index contributed by atoms with van der Waals surface area (Å²) in [6.07, 6.45) is 7.31. The Labute approximate surface area is 182 Å². The highest BCUT2D eigenvalue weighted by Gasteiger charge is 2.22. The molecule has 4 rings (SSSR count). The number of benzene rings is 2. The molecule has 6 heteroatoms. The first-order valence-electron chi connectivity index (χ1n) is 11.2. The summed E-state index contributed by atoms with van der Waals surface area (Å²) in [5.41, 5.74) is 1.39. The molecule has 0 bridgehead atoms. The molecular formula is C25H29N3O3. The minimum absolute atomic E-state index is 0.133. The van der Waals surface area contributed by atoms with Gasteiger partial charge in [0, 0.05) is 17.5 Å². The van der Waals surface area contributed by atoms with Gasteiger partial charge in [-0.25, -0.2) is 4.98 Å². The molecule has 0 saturated heterocycles. The van der Waals surface area contributed by atoms with Crippen LogP contribution in [0.4, 0.5) is 0 Å². The van der Waals surface area contributed by atoms with Gasteiger partial charge in [0.2, 0.25) is 0 Å². The average Bonchev–Trinajstić information content (AvgIpc) is 2.80. The highest BCUT2D eigenvalue weighted by Crippen LogP contribution is 2.32. The lowest BCUT2D eigenvalue weighted by Gasteiger charge is -2.22. The minimum Gasteiger partial charge on any atom is -0.494 e. The molecule has 0 N–H and O–H groups in total. The van der Waals surface area contributed by atoms with Crippen molar-refractivity contribution in [2.45, 2.75) is 51.9 Å². The highest BCUT2D eigenvalue weighted by molar-refractivity contribution is 5.84. The maximum absolute atomic E-state index is 13.3. The third-order valence-corrected chi connectivity index (χ3v) is 5.66. The lowest BCUT2D eigenvalue weighted by Crippen LogP contribution is -2.25. The van der Waals surface area contributed by atoms with E-state index in [1.807, 2.05) is 56.3 Å². The monoisotopic (exact) mass is 419 g/mol. The molecule has 1 aliphatic rings. The molecule has 31 heavy (non-hydrogen) atoms. The molecule has 6 nitrogen and oxygen atoms in total. The topological polar surface area (TPSA) is 65.7 Å². The van der Waals surface area contributed by atoms with E-state index in [-0.39, 0.29) is 11.5 Å². The fourth-order valence-corrected chi connectivity index (χ4v) is 4.16. The number of ether oxygens (including phenoxy) is 2. The Morgan fingerprint density at radius 2 is 1.84 bits per heavy atom. The van der Waals surface area contributed by atoms with Crippen LogP contribution in [0.3, 0.4) is 0 Å².